The molecule has 6 heteroatoms. The normalized spacial score (nSPS) is 11.9. The van der Waals surface area contributed by atoms with Crippen molar-refractivity contribution < 1.29 is 9.90 Å². The molecule has 0 aliphatic rings. The van der Waals surface area contributed by atoms with Crippen LogP contribution in [0.1, 0.15) is 18.9 Å². The van der Waals surface area contributed by atoms with E-state index in [9.17, 15) is 9.90 Å². The zero-order valence-electron chi connectivity index (χ0n) is 14.6. The lowest BCUT2D eigenvalue weighted by atomic mass is 10.0. The van der Waals surface area contributed by atoms with Crippen LogP contribution in [-0.2, 0) is 11.3 Å². The number of rotatable bonds is 6. The van der Waals surface area contributed by atoms with Crippen molar-refractivity contribution in [2.24, 2.45) is 0 Å². The molecule has 0 saturated carbocycles. The number of nitrogens with two attached hydrogens (primary N) is 1. The zero-order chi connectivity index (χ0) is 18.5. The van der Waals surface area contributed by atoms with Crippen LogP contribution in [0.4, 0.5) is 17.3 Å². The quantitative estimate of drug-likeness (QED) is 0.547. The largest absolute Gasteiger partial charge is 0.393 e. The van der Waals surface area contributed by atoms with Crippen LogP contribution < -0.4 is 16.4 Å². The van der Waals surface area contributed by atoms with Gasteiger partial charge in [-0.25, -0.2) is 4.98 Å². The number of aliphatic hydroxyl groups is 1. The average molecular weight is 350 g/mol. The molecule has 2 aromatic carbocycles. The van der Waals surface area contributed by atoms with Gasteiger partial charge in [0, 0.05) is 6.54 Å². The Labute approximate surface area is 152 Å². The molecule has 0 fully saturated rings. The summed E-state index contributed by atoms with van der Waals surface area (Å²) in [7, 11) is 0. The highest BCUT2D eigenvalue weighted by Crippen LogP contribution is 2.22. The number of amides is 1. The van der Waals surface area contributed by atoms with Crippen LogP contribution in [0.3, 0.4) is 0 Å². The molecule has 6 nitrogen and oxygen atoms in total. The smallest absolute Gasteiger partial charge is 0.227 e. The first-order valence-corrected chi connectivity index (χ1v) is 8.48. The van der Waals surface area contributed by atoms with E-state index in [4.69, 9.17) is 5.73 Å². The fourth-order valence-corrected chi connectivity index (χ4v) is 2.78. The van der Waals surface area contributed by atoms with Crippen LogP contribution in [0, 0.1) is 0 Å². The monoisotopic (exact) mass is 350 g/mol. The summed E-state index contributed by atoms with van der Waals surface area (Å²) in [5.74, 6) is 0.556. The maximum atomic E-state index is 11.7. The second-order valence-corrected chi connectivity index (χ2v) is 6.22. The Morgan fingerprint density at radius 2 is 1.92 bits per heavy atom. The minimum atomic E-state index is -0.703. The predicted molar refractivity (Wildman–Crippen MR) is 105 cm³/mol. The summed E-state index contributed by atoms with van der Waals surface area (Å²) in [5.41, 5.74) is 7.53. The van der Waals surface area contributed by atoms with Crippen LogP contribution in [0.15, 0.2) is 54.6 Å². The summed E-state index contributed by atoms with van der Waals surface area (Å²) in [6.07, 6.45) is -0.689. The van der Waals surface area contributed by atoms with Crippen molar-refractivity contribution in [1.29, 1.82) is 0 Å². The number of carbonyl (C=O) groups is 1. The van der Waals surface area contributed by atoms with E-state index in [1.165, 1.54) is 10.8 Å². The van der Waals surface area contributed by atoms with Crippen molar-refractivity contribution in [2.75, 3.05) is 16.4 Å². The van der Waals surface area contributed by atoms with E-state index in [1.807, 2.05) is 18.2 Å². The Bertz CT molecular complexity index is 919. The molecule has 0 aliphatic carbocycles. The third-order valence-electron chi connectivity index (χ3n) is 4.02. The molecule has 134 valence electrons. The number of nitrogens with zero attached hydrogens (tertiary/aromatic N) is 1. The third kappa shape index (κ3) is 4.29. The average Bonchev–Trinajstić information content (AvgIpc) is 2.61. The van der Waals surface area contributed by atoms with Gasteiger partial charge in [-0.3, -0.25) is 4.79 Å². The molecule has 3 aromatic rings. The summed E-state index contributed by atoms with van der Waals surface area (Å²) >= 11 is 0. The molecule has 3 rings (SSSR count). The number of nitrogen functional groups attached to an aromatic ring is 1. The lowest BCUT2D eigenvalue weighted by Crippen LogP contribution is -2.18. The van der Waals surface area contributed by atoms with Crippen LogP contribution >= 0.6 is 0 Å². The second-order valence-electron chi connectivity index (χ2n) is 6.22. The third-order valence-corrected chi connectivity index (χ3v) is 4.02. The fraction of sp³-hybridized carbons (Fsp3) is 0.200. The maximum Gasteiger partial charge on any atom is 0.227 e. The van der Waals surface area contributed by atoms with Gasteiger partial charge < -0.3 is 21.5 Å². The lowest BCUT2D eigenvalue weighted by molar-refractivity contribution is -0.117. The highest BCUT2D eigenvalue weighted by Gasteiger charge is 2.10. The van der Waals surface area contributed by atoms with Crippen LogP contribution in [0.25, 0.3) is 10.8 Å². The first kappa shape index (κ1) is 17.7. The molecule has 0 saturated heterocycles. The van der Waals surface area contributed by atoms with Crippen molar-refractivity contribution in [3.05, 3.63) is 60.2 Å². The molecule has 0 radical (unpaired) electrons. The number of nitrogens with one attached hydrogen (secondary N) is 2. The van der Waals surface area contributed by atoms with Gasteiger partial charge in [-0.2, -0.15) is 0 Å². The molecule has 1 atom stereocenters. The number of benzene rings is 2. The molecule has 1 aromatic heterocycles. The van der Waals surface area contributed by atoms with Crippen molar-refractivity contribution >= 4 is 34.0 Å². The molecule has 0 spiro atoms. The summed E-state index contributed by atoms with van der Waals surface area (Å²) in [6, 6.07) is 17.9. The fourth-order valence-electron chi connectivity index (χ4n) is 2.78. The van der Waals surface area contributed by atoms with Crippen LogP contribution in [0.2, 0.25) is 0 Å². The van der Waals surface area contributed by atoms with Crippen molar-refractivity contribution in [1.82, 2.24) is 4.98 Å². The number of anilines is 3. The predicted octanol–water partition coefficient (Wildman–Crippen LogP) is 3.14. The standard InChI is InChI=1S/C20H22N4O2/c1-13(25)11-19(26)23-17-9-10-18(24-20(17)21)22-12-15-7-4-6-14-5-2-3-8-16(14)15/h2-10,13,25H,11-12H2,1H3,(H,23,26)(H3,21,22,24). The minimum Gasteiger partial charge on any atom is -0.393 e. The Hall–Kier alpha value is -3.12. The molecule has 0 bridgehead atoms. The maximum absolute atomic E-state index is 11.7. The van der Waals surface area contributed by atoms with E-state index >= 15 is 0 Å². The molecule has 1 unspecified atom stereocenters. The van der Waals surface area contributed by atoms with Crippen molar-refractivity contribution in [3.8, 4) is 0 Å². The Balaban J connectivity index is 1.69. The van der Waals surface area contributed by atoms with E-state index in [-0.39, 0.29) is 18.1 Å². The number of fused-ring (bicyclic) bond motifs is 1. The summed E-state index contributed by atoms with van der Waals surface area (Å²) in [4.78, 5) is 16.0. The van der Waals surface area contributed by atoms with Crippen LogP contribution in [-0.4, -0.2) is 22.1 Å². The summed E-state index contributed by atoms with van der Waals surface area (Å²) in [5, 5.41) is 17.5. The van der Waals surface area contributed by atoms with E-state index < -0.39 is 6.10 Å². The topological polar surface area (TPSA) is 100 Å². The number of carbonyl (C=O) groups excluding carboxylic acids is 1. The highest BCUT2D eigenvalue weighted by atomic mass is 16.3. The minimum absolute atomic E-state index is 0.0144. The number of hydrogen-bond acceptors (Lipinski definition) is 5. The zero-order valence-corrected chi connectivity index (χ0v) is 14.6. The number of aromatic nitrogens is 1. The Morgan fingerprint density at radius 1 is 1.15 bits per heavy atom. The van der Waals surface area contributed by atoms with E-state index in [0.717, 1.165) is 5.56 Å². The van der Waals surface area contributed by atoms with Gasteiger partial charge >= 0.3 is 0 Å². The van der Waals surface area contributed by atoms with Gasteiger partial charge in [0.15, 0.2) is 0 Å². The Kier molecular flexibility index (Phi) is 5.34. The molecule has 5 N–H and O–H groups in total. The van der Waals surface area contributed by atoms with E-state index in [0.29, 0.717) is 18.1 Å². The summed E-state index contributed by atoms with van der Waals surface area (Å²) < 4.78 is 0. The first-order chi connectivity index (χ1) is 12.5. The summed E-state index contributed by atoms with van der Waals surface area (Å²) in [6.45, 7) is 2.17. The molecule has 26 heavy (non-hydrogen) atoms. The molecular weight excluding hydrogens is 328 g/mol. The molecule has 1 heterocycles. The molecular formula is C20H22N4O2. The molecule has 1 amide bonds. The van der Waals surface area contributed by atoms with Gasteiger partial charge in [-0.1, -0.05) is 42.5 Å². The van der Waals surface area contributed by atoms with Crippen molar-refractivity contribution in [3.63, 3.8) is 0 Å². The molecule has 0 aliphatic heterocycles. The number of pyridine rings is 1. The number of hydrogen-bond donors (Lipinski definition) is 4. The van der Waals surface area contributed by atoms with Gasteiger partial charge in [-0.05, 0) is 35.4 Å². The van der Waals surface area contributed by atoms with Gasteiger partial charge in [0.25, 0.3) is 0 Å². The highest BCUT2D eigenvalue weighted by molar-refractivity contribution is 5.93. The van der Waals surface area contributed by atoms with E-state index in [2.05, 4.69) is 39.9 Å². The SMILES string of the molecule is CC(O)CC(=O)Nc1ccc(NCc2cccc3ccccc23)nc1N. The second kappa shape index (κ2) is 7.84. The van der Waals surface area contributed by atoms with Gasteiger partial charge in [0.2, 0.25) is 5.91 Å². The Morgan fingerprint density at radius 3 is 2.69 bits per heavy atom. The number of aliphatic hydroxyl groups excluding tert-OH is 1. The van der Waals surface area contributed by atoms with Gasteiger partial charge in [0.05, 0.1) is 18.2 Å². The van der Waals surface area contributed by atoms with Gasteiger partial charge in [-0.15, -0.1) is 0 Å². The lowest BCUT2D eigenvalue weighted by Gasteiger charge is -2.12. The first-order valence-electron chi connectivity index (χ1n) is 8.48. The van der Waals surface area contributed by atoms with Crippen molar-refractivity contribution in [2.45, 2.75) is 26.0 Å². The van der Waals surface area contributed by atoms with E-state index in [1.54, 1.807) is 19.1 Å². The van der Waals surface area contributed by atoms with Gasteiger partial charge in [0.1, 0.15) is 11.6 Å². The van der Waals surface area contributed by atoms with Crippen LogP contribution in [0.5, 0.6) is 0 Å².